The van der Waals surface area contributed by atoms with Crippen LogP contribution in [0.25, 0.3) is 5.57 Å². The number of benzene rings is 2. The van der Waals surface area contributed by atoms with Gasteiger partial charge in [0.2, 0.25) is 0 Å². The third-order valence-electron chi connectivity index (χ3n) is 6.31. The molecule has 0 nitrogen and oxygen atoms in total. The zero-order chi connectivity index (χ0) is 17.8. The summed E-state index contributed by atoms with van der Waals surface area (Å²) in [5.74, 6) is 0. The van der Waals surface area contributed by atoms with E-state index in [1.54, 1.807) is 5.31 Å². The smallest absolute Gasteiger partial charge is 0.00773 e. The van der Waals surface area contributed by atoms with E-state index in [1.807, 2.05) is 0 Å². The predicted octanol–water partition coefficient (Wildman–Crippen LogP) is 7.83. The molecule has 0 heterocycles. The van der Waals surface area contributed by atoms with Crippen LogP contribution in [0.3, 0.4) is 0 Å². The number of hydrogen-bond acceptors (Lipinski definition) is 0. The average Bonchev–Trinajstić information content (AvgIpc) is 3.39. The third kappa shape index (κ3) is 3.81. The van der Waals surface area contributed by atoms with Gasteiger partial charge in [0.05, 0.1) is 0 Å². The van der Waals surface area contributed by atoms with Crippen LogP contribution in [0, 0.1) is 0 Å². The van der Waals surface area contributed by atoms with Crippen molar-refractivity contribution in [1.29, 1.82) is 0 Å². The van der Waals surface area contributed by atoms with Crippen LogP contribution in [0.2, 0.25) is 0 Å². The normalized spacial score (nSPS) is 18.5. The second-order valence-corrected chi connectivity index (χ2v) is 10.9. The minimum absolute atomic E-state index is 0.0311. The summed E-state index contributed by atoms with van der Waals surface area (Å²) < 4.78 is 0. The van der Waals surface area contributed by atoms with E-state index in [1.165, 1.54) is 68.1 Å². The Bertz CT molecular complexity index is 662. The van der Waals surface area contributed by atoms with E-state index in [9.17, 15) is 0 Å². The fraction of sp³-hybridized carbons (Fsp3) is 0.440. The van der Waals surface area contributed by atoms with Gasteiger partial charge in [-0.25, -0.2) is 0 Å². The first kappa shape index (κ1) is 18.0. The molecule has 0 N–H and O–H groups in total. The highest BCUT2D eigenvalue weighted by atomic mass is 31.1. The van der Waals surface area contributed by atoms with Gasteiger partial charge in [-0.05, 0) is 65.9 Å². The largest absolute Gasteiger partial charge is 0.0730 e. The van der Waals surface area contributed by atoms with Crippen molar-refractivity contribution in [1.82, 2.24) is 0 Å². The van der Waals surface area contributed by atoms with Crippen molar-refractivity contribution in [3.63, 3.8) is 0 Å². The molecule has 0 saturated heterocycles. The monoisotopic (exact) mass is 362 g/mol. The number of hydrogen-bond donors (Lipinski definition) is 0. The molecule has 0 radical (unpaired) electrons. The minimum Gasteiger partial charge on any atom is -0.0730 e. The van der Waals surface area contributed by atoms with Gasteiger partial charge in [-0.3, -0.25) is 0 Å². The van der Waals surface area contributed by atoms with Gasteiger partial charge in [-0.1, -0.05) is 94.3 Å². The highest BCUT2D eigenvalue weighted by Crippen LogP contribution is 2.63. The standard InChI is InChI=1S/C25H31P/c1-20(26(23-16-8-9-17-23)24-18-10-11-19-24)25(21-12-4-2-5-13-21)22-14-6-3-7-15-22/h2-7,12-15,23-24H,8-11,16-19H2,1H3. The molecule has 0 unspecified atom stereocenters. The second kappa shape index (κ2) is 8.53. The lowest BCUT2D eigenvalue weighted by Crippen LogP contribution is -2.12. The van der Waals surface area contributed by atoms with E-state index >= 15 is 0 Å². The summed E-state index contributed by atoms with van der Waals surface area (Å²) in [4.78, 5) is 0. The van der Waals surface area contributed by atoms with Crippen molar-refractivity contribution >= 4 is 13.5 Å². The molecule has 136 valence electrons. The zero-order valence-electron chi connectivity index (χ0n) is 16.0. The molecule has 0 aromatic heterocycles. The Morgan fingerprint density at radius 3 is 1.42 bits per heavy atom. The molecule has 0 atom stereocenters. The van der Waals surface area contributed by atoms with E-state index in [2.05, 4.69) is 67.6 Å². The molecule has 2 fully saturated rings. The van der Waals surface area contributed by atoms with Crippen LogP contribution in [-0.4, -0.2) is 11.3 Å². The minimum atomic E-state index is -0.0311. The lowest BCUT2D eigenvalue weighted by molar-refractivity contribution is 0.832. The topological polar surface area (TPSA) is 0 Å². The average molecular weight is 362 g/mol. The van der Waals surface area contributed by atoms with E-state index in [0.29, 0.717) is 0 Å². The van der Waals surface area contributed by atoms with Gasteiger partial charge >= 0.3 is 0 Å². The molecule has 4 rings (SSSR count). The maximum absolute atomic E-state index is 2.48. The van der Waals surface area contributed by atoms with Crippen LogP contribution in [0.4, 0.5) is 0 Å². The van der Waals surface area contributed by atoms with Crippen molar-refractivity contribution in [3.8, 4) is 0 Å². The Labute approximate surface area is 160 Å². The summed E-state index contributed by atoms with van der Waals surface area (Å²) in [6.07, 6.45) is 11.7. The molecule has 26 heavy (non-hydrogen) atoms. The maximum Gasteiger partial charge on any atom is -0.00773 e. The summed E-state index contributed by atoms with van der Waals surface area (Å²) in [6.45, 7) is 2.48. The first-order chi connectivity index (χ1) is 12.8. The van der Waals surface area contributed by atoms with Gasteiger partial charge in [0.25, 0.3) is 0 Å². The van der Waals surface area contributed by atoms with Crippen LogP contribution >= 0.6 is 7.92 Å². The molecule has 2 aliphatic carbocycles. The van der Waals surface area contributed by atoms with Crippen LogP contribution in [-0.2, 0) is 0 Å². The first-order valence-electron chi connectivity index (χ1n) is 10.4. The van der Waals surface area contributed by atoms with Gasteiger partial charge in [-0.15, -0.1) is 0 Å². The summed E-state index contributed by atoms with van der Waals surface area (Å²) >= 11 is 0. The molecule has 0 amide bonds. The van der Waals surface area contributed by atoms with Gasteiger partial charge in [0.1, 0.15) is 0 Å². The van der Waals surface area contributed by atoms with Crippen molar-refractivity contribution in [2.24, 2.45) is 0 Å². The molecular formula is C25H31P. The van der Waals surface area contributed by atoms with Gasteiger partial charge in [0.15, 0.2) is 0 Å². The quantitative estimate of drug-likeness (QED) is 0.475. The Kier molecular flexibility index (Phi) is 5.91. The lowest BCUT2D eigenvalue weighted by Gasteiger charge is -2.33. The molecule has 0 spiro atoms. The van der Waals surface area contributed by atoms with Crippen molar-refractivity contribution in [2.75, 3.05) is 0 Å². The molecular weight excluding hydrogens is 331 g/mol. The number of rotatable bonds is 5. The highest BCUT2D eigenvalue weighted by Gasteiger charge is 2.35. The fourth-order valence-corrected chi connectivity index (χ4v) is 9.19. The lowest BCUT2D eigenvalue weighted by atomic mass is 9.98. The van der Waals surface area contributed by atoms with Gasteiger partial charge < -0.3 is 0 Å². The molecule has 2 aromatic carbocycles. The third-order valence-corrected chi connectivity index (χ3v) is 9.91. The van der Waals surface area contributed by atoms with Crippen LogP contribution in [0.15, 0.2) is 66.0 Å². The highest BCUT2D eigenvalue weighted by molar-refractivity contribution is 7.63. The van der Waals surface area contributed by atoms with E-state index in [-0.39, 0.29) is 7.92 Å². The molecule has 2 saturated carbocycles. The zero-order valence-corrected chi connectivity index (χ0v) is 16.9. The van der Waals surface area contributed by atoms with Crippen LogP contribution in [0.1, 0.15) is 69.4 Å². The van der Waals surface area contributed by atoms with E-state index in [4.69, 9.17) is 0 Å². The maximum atomic E-state index is 2.48. The van der Waals surface area contributed by atoms with E-state index in [0.717, 1.165) is 11.3 Å². The molecule has 0 bridgehead atoms. The number of allylic oxidation sites excluding steroid dienone is 1. The summed E-state index contributed by atoms with van der Waals surface area (Å²) in [5.41, 5.74) is 6.27. The molecule has 2 aliphatic rings. The van der Waals surface area contributed by atoms with Crippen molar-refractivity contribution < 1.29 is 0 Å². The van der Waals surface area contributed by atoms with E-state index < -0.39 is 0 Å². The first-order valence-corrected chi connectivity index (χ1v) is 11.9. The molecule has 0 aliphatic heterocycles. The van der Waals surface area contributed by atoms with Gasteiger partial charge in [0, 0.05) is 0 Å². The van der Waals surface area contributed by atoms with Crippen molar-refractivity contribution in [2.45, 2.75) is 69.6 Å². The Hall–Kier alpha value is -1.39. The predicted molar refractivity (Wildman–Crippen MR) is 116 cm³/mol. The Morgan fingerprint density at radius 1 is 0.654 bits per heavy atom. The van der Waals surface area contributed by atoms with Gasteiger partial charge in [-0.2, -0.15) is 0 Å². The molecule has 1 heteroatoms. The summed E-state index contributed by atoms with van der Waals surface area (Å²) in [7, 11) is -0.0311. The summed E-state index contributed by atoms with van der Waals surface area (Å²) in [5, 5.41) is 1.72. The van der Waals surface area contributed by atoms with Crippen LogP contribution < -0.4 is 0 Å². The second-order valence-electron chi connectivity index (χ2n) is 7.98. The van der Waals surface area contributed by atoms with Crippen LogP contribution in [0.5, 0.6) is 0 Å². The molecule has 2 aromatic rings. The fourth-order valence-electron chi connectivity index (χ4n) is 5.13. The van der Waals surface area contributed by atoms with Crippen molar-refractivity contribution in [3.05, 3.63) is 77.1 Å². The Balaban J connectivity index is 1.82. The Morgan fingerprint density at radius 2 is 1.04 bits per heavy atom. The summed E-state index contributed by atoms with van der Waals surface area (Å²) in [6, 6.07) is 22.3. The SMILES string of the molecule is CC(=C(c1ccccc1)c1ccccc1)P(C1CCCC1)C1CCCC1.